The Bertz CT molecular complexity index is 1240. The number of esters is 1. The Balaban J connectivity index is 1.63. The molecule has 6 heteroatoms. The molecule has 2 heterocycles. The molecule has 2 aromatic carbocycles. The van der Waals surface area contributed by atoms with Crippen LogP contribution in [0.2, 0.25) is 5.02 Å². The molecule has 0 saturated heterocycles. The van der Waals surface area contributed by atoms with Crippen LogP contribution in [0.4, 0.5) is 0 Å². The van der Waals surface area contributed by atoms with Gasteiger partial charge in [-0.15, -0.1) is 0 Å². The lowest BCUT2D eigenvalue weighted by molar-refractivity contribution is -0.131. The van der Waals surface area contributed by atoms with E-state index in [0.29, 0.717) is 16.5 Å². The number of carbonyl (C=O) groups excluding carboxylic acids is 1. The average molecular weight is 420 g/mol. The molecule has 0 saturated carbocycles. The predicted octanol–water partition coefficient (Wildman–Crippen LogP) is 6.17. The number of imidazole rings is 1. The SMILES string of the molecule is CC(=O)Oc1cnc(-c2ccc(-c3nc4ccc(C(C)(C)C)cc4[nH]3)cc2)c(Cl)c1. The predicted molar refractivity (Wildman–Crippen MR) is 120 cm³/mol. The van der Waals surface area contributed by atoms with Gasteiger partial charge in [0.2, 0.25) is 0 Å². The first kappa shape index (κ1) is 20.1. The summed E-state index contributed by atoms with van der Waals surface area (Å²) in [5.74, 6) is 0.724. The van der Waals surface area contributed by atoms with Gasteiger partial charge in [0.05, 0.1) is 27.9 Å². The van der Waals surface area contributed by atoms with Crippen LogP contribution < -0.4 is 4.74 Å². The molecule has 152 valence electrons. The minimum absolute atomic E-state index is 0.0817. The number of hydrogen-bond donors (Lipinski definition) is 1. The molecule has 0 unspecified atom stereocenters. The number of carbonyl (C=O) groups is 1. The van der Waals surface area contributed by atoms with E-state index in [1.54, 1.807) is 6.07 Å². The van der Waals surface area contributed by atoms with Crippen molar-refractivity contribution >= 4 is 28.6 Å². The number of pyridine rings is 1. The van der Waals surface area contributed by atoms with E-state index < -0.39 is 5.97 Å². The Morgan fingerprint density at radius 1 is 1.03 bits per heavy atom. The second-order valence-electron chi connectivity index (χ2n) is 8.24. The molecule has 30 heavy (non-hydrogen) atoms. The van der Waals surface area contributed by atoms with Crippen LogP contribution in [0.5, 0.6) is 5.75 Å². The monoisotopic (exact) mass is 419 g/mol. The molecule has 0 radical (unpaired) electrons. The molecule has 0 amide bonds. The van der Waals surface area contributed by atoms with Crippen molar-refractivity contribution in [2.45, 2.75) is 33.1 Å². The molecule has 2 aromatic heterocycles. The van der Waals surface area contributed by atoms with Crippen LogP contribution in [0.1, 0.15) is 33.3 Å². The maximum Gasteiger partial charge on any atom is 0.308 e. The highest BCUT2D eigenvalue weighted by Gasteiger charge is 2.15. The zero-order valence-electron chi connectivity index (χ0n) is 17.3. The molecule has 0 aliphatic rings. The molecule has 4 aromatic rings. The van der Waals surface area contributed by atoms with Crippen LogP contribution in [0.3, 0.4) is 0 Å². The highest BCUT2D eigenvalue weighted by Crippen LogP contribution is 2.31. The van der Waals surface area contributed by atoms with Gasteiger partial charge in [-0.1, -0.05) is 62.7 Å². The highest BCUT2D eigenvalue weighted by molar-refractivity contribution is 6.33. The van der Waals surface area contributed by atoms with Gasteiger partial charge in [0.1, 0.15) is 5.82 Å². The maximum absolute atomic E-state index is 11.1. The summed E-state index contributed by atoms with van der Waals surface area (Å²) in [6.45, 7) is 7.93. The minimum atomic E-state index is -0.412. The smallest absolute Gasteiger partial charge is 0.308 e. The number of fused-ring (bicyclic) bond motifs is 1. The Morgan fingerprint density at radius 2 is 1.73 bits per heavy atom. The molecule has 0 spiro atoms. The van der Waals surface area contributed by atoms with Gasteiger partial charge in [0.15, 0.2) is 5.75 Å². The molecule has 0 fully saturated rings. The summed E-state index contributed by atoms with van der Waals surface area (Å²) in [6, 6.07) is 15.8. The third kappa shape index (κ3) is 4.07. The average Bonchev–Trinajstić information content (AvgIpc) is 3.10. The van der Waals surface area contributed by atoms with E-state index in [9.17, 15) is 4.79 Å². The fourth-order valence-corrected chi connectivity index (χ4v) is 3.52. The number of nitrogens with one attached hydrogen (secondary N) is 1. The van der Waals surface area contributed by atoms with Gasteiger partial charge in [0.25, 0.3) is 0 Å². The number of hydrogen-bond acceptors (Lipinski definition) is 4. The Labute approximate surface area is 180 Å². The van der Waals surface area contributed by atoms with E-state index in [1.165, 1.54) is 18.7 Å². The third-order valence-electron chi connectivity index (χ3n) is 4.86. The van der Waals surface area contributed by atoms with Crippen molar-refractivity contribution in [2.24, 2.45) is 0 Å². The van der Waals surface area contributed by atoms with E-state index in [1.807, 2.05) is 24.3 Å². The first-order chi connectivity index (χ1) is 14.2. The summed E-state index contributed by atoms with van der Waals surface area (Å²) in [4.78, 5) is 23.6. The second kappa shape index (κ2) is 7.58. The normalized spacial score (nSPS) is 11.6. The minimum Gasteiger partial charge on any atom is -0.425 e. The molecule has 1 N–H and O–H groups in total. The van der Waals surface area contributed by atoms with Crippen LogP contribution in [0, 0.1) is 0 Å². The summed E-state index contributed by atoms with van der Waals surface area (Å²) in [7, 11) is 0. The zero-order chi connectivity index (χ0) is 21.5. The zero-order valence-corrected chi connectivity index (χ0v) is 18.0. The molecule has 0 bridgehead atoms. The van der Waals surface area contributed by atoms with Crippen molar-refractivity contribution in [3.05, 3.63) is 65.3 Å². The molecular formula is C24H22ClN3O2. The number of halogens is 1. The summed E-state index contributed by atoms with van der Waals surface area (Å²) >= 11 is 6.34. The standard InChI is InChI=1S/C24H22ClN3O2/c1-14(29)30-18-12-19(25)22(26-13-18)15-5-7-16(8-6-15)23-27-20-10-9-17(24(2,3)4)11-21(20)28-23/h5-13H,1-4H3,(H,27,28). The number of benzene rings is 2. The third-order valence-corrected chi connectivity index (χ3v) is 5.15. The van der Waals surface area contributed by atoms with Gasteiger partial charge < -0.3 is 9.72 Å². The number of ether oxygens (including phenoxy) is 1. The number of rotatable bonds is 3. The molecule has 4 rings (SSSR count). The van der Waals surface area contributed by atoms with Crippen molar-refractivity contribution in [3.8, 4) is 28.4 Å². The molecule has 5 nitrogen and oxygen atoms in total. The first-order valence-electron chi connectivity index (χ1n) is 9.66. The van der Waals surface area contributed by atoms with Gasteiger partial charge in [0, 0.05) is 24.1 Å². The number of aromatic amines is 1. The summed E-state index contributed by atoms with van der Waals surface area (Å²) in [5, 5.41) is 0.417. The summed E-state index contributed by atoms with van der Waals surface area (Å²) in [6.07, 6.45) is 1.49. The number of aromatic nitrogens is 3. The van der Waals surface area contributed by atoms with E-state index >= 15 is 0 Å². The van der Waals surface area contributed by atoms with Crippen LogP contribution >= 0.6 is 11.6 Å². The van der Waals surface area contributed by atoms with Crippen molar-refractivity contribution in [1.82, 2.24) is 15.0 Å². The van der Waals surface area contributed by atoms with Gasteiger partial charge >= 0.3 is 5.97 Å². The Kier molecular flexibility index (Phi) is 5.08. The fraction of sp³-hybridized carbons (Fsp3) is 0.208. The fourth-order valence-electron chi connectivity index (χ4n) is 3.25. The summed E-state index contributed by atoms with van der Waals surface area (Å²) in [5.41, 5.74) is 5.76. The Hall–Kier alpha value is -3.18. The first-order valence-corrected chi connectivity index (χ1v) is 10.0. The molecule has 0 atom stereocenters. The van der Waals surface area contributed by atoms with Crippen LogP contribution in [-0.4, -0.2) is 20.9 Å². The molecule has 0 aliphatic carbocycles. The quantitative estimate of drug-likeness (QED) is 0.403. The van der Waals surface area contributed by atoms with E-state index in [2.05, 4.69) is 48.9 Å². The van der Waals surface area contributed by atoms with Crippen LogP contribution in [0.25, 0.3) is 33.7 Å². The lowest BCUT2D eigenvalue weighted by atomic mass is 9.87. The highest BCUT2D eigenvalue weighted by atomic mass is 35.5. The number of nitrogens with zero attached hydrogens (tertiary/aromatic N) is 2. The largest absolute Gasteiger partial charge is 0.425 e. The second-order valence-corrected chi connectivity index (χ2v) is 8.65. The lowest BCUT2D eigenvalue weighted by Crippen LogP contribution is -2.10. The lowest BCUT2D eigenvalue weighted by Gasteiger charge is -2.18. The van der Waals surface area contributed by atoms with Gasteiger partial charge in [-0.3, -0.25) is 9.78 Å². The molecular weight excluding hydrogens is 398 g/mol. The van der Waals surface area contributed by atoms with Gasteiger partial charge in [-0.05, 0) is 23.1 Å². The van der Waals surface area contributed by atoms with E-state index in [4.69, 9.17) is 21.3 Å². The van der Waals surface area contributed by atoms with Crippen molar-refractivity contribution in [2.75, 3.05) is 0 Å². The Morgan fingerprint density at radius 3 is 2.37 bits per heavy atom. The van der Waals surface area contributed by atoms with Gasteiger partial charge in [-0.25, -0.2) is 4.98 Å². The van der Waals surface area contributed by atoms with Crippen molar-refractivity contribution in [3.63, 3.8) is 0 Å². The van der Waals surface area contributed by atoms with E-state index in [-0.39, 0.29) is 5.41 Å². The van der Waals surface area contributed by atoms with Crippen LogP contribution in [0.15, 0.2) is 54.7 Å². The molecule has 0 aliphatic heterocycles. The topological polar surface area (TPSA) is 67.9 Å². The summed E-state index contributed by atoms with van der Waals surface area (Å²) < 4.78 is 5.02. The number of H-pyrrole nitrogens is 1. The van der Waals surface area contributed by atoms with Crippen molar-refractivity contribution < 1.29 is 9.53 Å². The van der Waals surface area contributed by atoms with Crippen LogP contribution in [-0.2, 0) is 10.2 Å². The van der Waals surface area contributed by atoms with Crippen molar-refractivity contribution in [1.29, 1.82) is 0 Å². The van der Waals surface area contributed by atoms with Gasteiger partial charge in [-0.2, -0.15) is 0 Å². The maximum atomic E-state index is 11.1. The van der Waals surface area contributed by atoms with E-state index in [0.717, 1.165) is 28.0 Å².